The third-order valence-electron chi connectivity index (χ3n) is 2.68. The summed E-state index contributed by atoms with van der Waals surface area (Å²) in [6.45, 7) is 0. The van der Waals surface area contributed by atoms with Crippen LogP contribution in [0.1, 0.15) is 23.3 Å². The molecule has 0 aromatic carbocycles. The van der Waals surface area contributed by atoms with E-state index in [1.807, 2.05) is 11.8 Å². The molecule has 0 aliphatic carbocycles. The van der Waals surface area contributed by atoms with Crippen LogP contribution in [0.2, 0.25) is 0 Å². The Balaban J connectivity index is 1.98. The number of anilines is 1. The van der Waals surface area contributed by atoms with Gasteiger partial charge in [-0.05, 0) is 24.3 Å². The molecule has 0 spiro atoms. The van der Waals surface area contributed by atoms with Gasteiger partial charge in [0.2, 0.25) is 0 Å². The Kier molecular flexibility index (Phi) is 4.19. The number of carbonyl (C=O) groups excluding carboxylic acids is 1. The van der Waals surface area contributed by atoms with Crippen LogP contribution in [0.25, 0.3) is 0 Å². The van der Waals surface area contributed by atoms with Gasteiger partial charge >= 0.3 is 0 Å². The van der Waals surface area contributed by atoms with Gasteiger partial charge in [-0.2, -0.15) is 11.8 Å². The molecule has 0 radical (unpaired) electrons. The predicted molar refractivity (Wildman–Crippen MR) is 69.4 cm³/mol. The number of carbonyl (C=O) groups is 1. The van der Waals surface area contributed by atoms with E-state index in [-0.39, 0.29) is 11.9 Å². The lowest BCUT2D eigenvalue weighted by Crippen LogP contribution is -2.37. The first-order chi connectivity index (χ1) is 8.29. The van der Waals surface area contributed by atoms with Gasteiger partial charge in [-0.15, -0.1) is 0 Å². The summed E-state index contributed by atoms with van der Waals surface area (Å²) in [7, 11) is 1.75. The Bertz CT molecular complexity index is 393. The van der Waals surface area contributed by atoms with Crippen molar-refractivity contribution >= 4 is 23.5 Å². The van der Waals surface area contributed by atoms with Gasteiger partial charge in [0.05, 0.1) is 12.4 Å². The van der Waals surface area contributed by atoms with Gasteiger partial charge in [0.1, 0.15) is 11.5 Å². The largest absolute Gasteiger partial charge is 0.372 e. The van der Waals surface area contributed by atoms with E-state index in [2.05, 4.69) is 20.6 Å². The van der Waals surface area contributed by atoms with Crippen molar-refractivity contribution in [3.8, 4) is 0 Å². The molecule has 1 amide bonds. The molecule has 1 saturated heterocycles. The molecule has 5 nitrogen and oxygen atoms in total. The first-order valence-corrected chi connectivity index (χ1v) is 6.83. The van der Waals surface area contributed by atoms with Crippen LogP contribution >= 0.6 is 11.8 Å². The second-order valence-electron chi connectivity index (χ2n) is 3.90. The summed E-state index contributed by atoms with van der Waals surface area (Å²) in [5.41, 5.74) is 0.370. The van der Waals surface area contributed by atoms with Gasteiger partial charge in [0.25, 0.3) is 5.91 Å². The zero-order valence-electron chi connectivity index (χ0n) is 9.77. The number of nitrogens with one attached hydrogen (secondary N) is 2. The summed E-state index contributed by atoms with van der Waals surface area (Å²) < 4.78 is 0. The number of hydrogen-bond donors (Lipinski definition) is 2. The molecule has 2 N–H and O–H groups in total. The van der Waals surface area contributed by atoms with Crippen molar-refractivity contribution in [2.45, 2.75) is 18.9 Å². The summed E-state index contributed by atoms with van der Waals surface area (Å²) in [4.78, 5) is 20.1. The smallest absolute Gasteiger partial charge is 0.271 e. The number of aromatic nitrogens is 2. The Labute approximate surface area is 105 Å². The maximum Gasteiger partial charge on any atom is 0.271 e. The summed E-state index contributed by atoms with van der Waals surface area (Å²) in [5, 5.41) is 5.87. The zero-order chi connectivity index (χ0) is 12.1. The molecule has 1 aliphatic heterocycles. The van der Waals surface area contributed by atoms with Gasteiger partial charge < -0.3 is 10.6 Å². The van der Waals surface area contributed by atoms with Crippen molar-refractivity contribution in [3.63, 3.8) is 0 Å². The number of nitrogens with zero attached hydrogens (tertiary/aromatic N) is 2. The van der Waals surface area contributed by atoms with Gasteiger partial charge in [-0.1, -0.05) is 0 Å². The molecule has 1 aliphatic rings. The van der Waals surface area contributed by atoms with Crippen molar-refractivity contribution in [1.82, 2.24) is 15.3 Å². The van der Waals surface area contributed by atoms with Crippen LogP contribution in [0.4, 0.5) is 5.82 Å². The second kappa shape index (κ2) is 5.86. The Morgan fingerprint density at radius 1 is 1.41 bits per heavy atom. The third-order valence-corrected chi connectivity index (χ3v) is 3.73. The van der Waals surface area contributed by atoms with E-state index >= 15 is 0 Å². The van der Waals surface area contributed by atoms with Crippen LogP contribution in [-0.4, -0.2) is 40.5 Å². The molecule has 2 rings (SSSR count). The lowest BCUT2D eigenvalue weighted by atomic mass is 10.1. The fourth-order valence-electron chi connectivity index (χ4n) is 1.70. The standard InChI is InChI=1S/C11H16N4OS/c1-12-10-7-13-6-9(15-10)11(16)14-8-2-4-17-5-3-8/h6-8H,2-5H2,1H3,(H,12,15)(H,14,16). The molecule has 92 valence electrons. The molecule has 0 bridgehead atoms. The molecular formula is C11H16N4OS. The quantitative estimate of drug-likeness (QED) is 0.844. The van der Waals surface area contributed by atoms with Crippen LogP contribution < -0.4 is 10.6 Å². The fourth-order valence-corrected chi connectivity index (χ4v) is 2.80. The third kappa shape index (κ3) is 3.33. The van der Waals surface area contributed by atoms with Crippen LogP contribution in [-0.2, 0) is 0 Å². The Hall–Kier alpha value is -1.30. The molecule has 0 atom stereocenters. The molecule has 0 unspecified atom stereocenters. The molecule has 6 heteroatoms. The summed E-state index contributed by atoms with van der Waals surface area (Å²) >= 11 is 1.94. The highest BCUT2D eigenvalue weighted by Crippen LogP contribution is 2.17. The molecule has 17 heavy (non-hydrogen) atoms. The highest BCUT2D eigenvalue weighted by atomic mass is 32.2. The highest BCUT2D eigenvalue weighted by molar-refractivity contribution is 7.99. The average molecular weight is 252 g/mol. The Morgan fingerprint density at radius 2 is 2.18 bits per heavy atom. The number of amides is 1. The number of thioether (sulfide) groups is 1. The minimum absolute atomic E-state index is 0.133. The second-order valence-corrected chi connectivity index (χ2v) is 5.12. The van der Waals surface area contributed by atoms with Crippen molar-refractivity contribution in [1.29, 1.82) is 0 Å². The normalized spacial score (nSPS) is 16.5. The predicted octanol–water partition coefficient (Wildman–Crippen LogP) is 1.14. The van der Waals surface area contributed by atoms with Crippen LogP contribution in [0.15, 0.2) is 12.4 Å². The van der Waals surface area contributed by atoms with E-state index in [0.717, 1.165) is 24.3 Å². The molecule has 1 aromatic heterocycles. The summed E-state index contributed by atoms with van der Waals surface area (Å²) in [6.07, 6.45) is 5.16. The van der Waals surface area contributed by atoms with E-state index in [1.165, 1.54) is 6.20 Å². The highest BCUT2D eigenvalue weighted by Gasteiger charge is 2.17. The zero-order valence-corrected chi connectivity index (χ0v) is 10.6. The maximum atomic E-state index is 11.9. The van der Waals surface area contributed by atoms with Gasteiger partial charge in [0, 0.05) is 13.1 Å². The number of hydrogen-bond acceptors (Lipinski definition) is 5. The summed E-state index contributed by atoms with van der Waals surface area (Å²) in [6, 6.07) is 0.281. The van der Waals surface area contributed by atoms with Crippen molar-refractivity contribution < 1.29 is 4.79 Å². The lowest BCUT2D eigenvalue weighted by Gasteiger charge is -2.22. The topological polar surface area (TPSA) is 66.9 Å². The molecular weight excluding hydrogens is 236 g/mol. The monoisotopic (exact) mass is 252 g/mol. The molecule has 2 heterocycles. The van der Waals surface area contributed by atoms with Gasteiger partial charge in [0.15, 0.2) is 0 Å². The molecule has 0 saturated carbocycles. The van der Waals surface area contributed by atoms with Gasteiger partial charge in [-0.25, -0.2) is 4.98 Å². The van der Waals surface area contributed by atoms with Crippen molar-refractivity contribution in [2.75, 3.05) is 23.9 Å². The maximum absolute atomic E-state index is 11.9. The average Bonchev–Trinajstić information content (AvgIpc) is 2.40. The molecule has 1 aromatic rings. The SMILES string of the molecule is CNc1cncc(C(=O)NC2CCSCC2)n1. The van der Waals surface area contributed by atoms with Crippen LogP contribution in [0.3, 0.4) is 0 Å². The van der Waals surface area contributed by atoms with E-state index in [0.29, 0.717) is 11.5 Å². The molecule has 1 fully saturated rings. The van der Waals surface area contributed by atoms with Crippen molar-refractivity contribution in [2.24, 2.45) is 0 Å². The Morgan fingerprint density at radius 3 is 2.88 bits per heavy atom. The minimum atomic E-state index is -0.133. The summed E-state index contributed by atoms with van der Waals surface area (Å²) in [5.74, 6) is 2.71. The number of rotatable bonds is 3. The van der Waals surface area contributed by atoms with E-state index in [9.17, 15) is 4.79 Å². The first kappa shape index (κ1) is 12.2. The first-order valence-electron chi connectivity index (χ1n) is 5.68. The van der Waals surface area contributed by atoms with Crippen molar-refractivity contribution in [3.05, 3.63) is 18.1 Å². The van der Waals surface area contributed by atoms with E-state index in [4.69, 9.17) is 0 Å². The fraction of sp³-hybridized carbons (Fsp3) is 0.545. The van der Waals surface area contributed by atoms with Crippen LogP contribution in [0, 0.1) is 0 Å². The van der Waals surface area contributed by atoms with E-state index < -0.39 is 0 Å². The minimum Gasteiger partial charge on any atom is -0.372 e. The van der Waals surface area contributed by atoms with Crippen LogP contribution in [0.5, 0.6) is 0 Å². The lowest BCUT2D eigenvalue weighted by molar-refractivity contribution is 0.0929. The van der Waals surface area contributed by atoms with E-state index in [1.54, 1.807) is 13.2 Å². The van der Waals surface area contributed by atoms with Gasteiger partial charge in [-0.3, -0.25) is 9.78 Å².